The third kappa shape index (κ3) is 7.07. The number of carbonyl (C=O) groups is 4. The smallest absolute Gasteiger partial charge is 0.405 e. The van der Waals surface area contributed by atoms with Gasteiger partial charge in [0.05, 0.1) is 6.04 Å². The zero-order valence-corrected chi connectivity index (χ0v) is 18.2. The first-order valence-corrected chi connectivity index (χ1v) is 10.2. The molecule has 0 aliphatic carbocycles. The average Bonchev–Trinajstić information content (AvgIpc) is 3.09. The summed E-state index contributed by atoms with van der Waals surface area (Å²) in [5, 5.41) is 23.5. The second-order valence-corrected chi connectivity index (χ2v) is 8.15. The molecule has 11 nitrogen and oxygen atoms in total. The minimum atomic E-state index is -1.34. The van der Waals surface area contributed by atoms with Crippen molar-refractivity contribution in [3.8, 4) is 0 Å². The maximum absolute atomic E-state index is 13.1. The van der Waals surface area contributed by atoms with E-state index in [1.54, 1.807) is 20.8 Å². The highest BCUT2D eigenvalue weighted by Gasteiger charge is 2.48. The van der Waals surface area contributed by atoms with Crippen LogP contribution >= 0.6 is 0 Å². The molecular weight excluding hydrogens is 411 g/mol. The largest absolute Gasteiger partial charge is 0.465 e. The number of ketones is 1. The number of nitrogens with zero attached hydrogens (tertiary/aromatic N) is 1. The number of carbonyl (C=O) groups excluding carboxylic acids is 3. The summed E-state index contributed by atoms with van der Waals surface area (Å²) in [7, 11) is 0. The molecule has 1 aliphatic rings. The van der Waals surface area contributed by atoms with Gasteiger partial charge in [0.25, 0.3) is 0 Å². The molecule has 3 amide bonds. The molecule has 31 heavy (non-hydrogen) atoms. The van der Waals surface area contributed by atoms with E-state index in [9.17, 15) is 23.6 Å². The highest BCUT2D eigenvalue weighted by Crippen LogP contribution is 2.31. The zero-order chi connectivity index (χ0) is 23.8. The van der Waals surface area contributed by atoms with E-state index in [1.165, 1.54) is 4.90 Å². The van der Waals surface area contributed by atoms with Crippen molar-refractivity contribution in [1.29, 1.82) is 5.41 Å². The fourth-order valence-electron chi connectivity index (χ4n) is 3.62. The number of hydrogen-bond donors (Lipinski definition) is 6. The highest BCUT2D eigenvalue weighted by molar-refractivity contribution is 5.97. The lowest BCUT2D eigenvalue weighted by Gasteiger charge is -2.37. The van der Waals surface area contributed by atoms with Crippen LogP contribution in [-0.4, -0.2) is 77.0 Å². The molecule has 3 atom stereocenters. The topological polar surface area (TPSA) is 178 Å². The van der Waals surface area contributed by atoms with Gasteiger partial charge < -0.3 is 31.7 Å². The monoisotopic (exact) mass is 444 g/mol. The van der Waals surface area contributed by atoms with Crippen molar-refractivity contribution in [2.45, 2.75) is 64.1 Å². The van der Waals surface area contributed by atoms with Gasteiger partial charge in [-0.2, -0.15) is 0 Å². The summed E-state index contributed by atoms with van der Waals surface area (Å²) < 4.78 is 13.0. The molecule has 1 rings (SSSR count). The third-order valence-electron chi connectivity index (χ3n) is 5.42. The molecule has 7 N–H and O–H groups in total. The Morgan fingerprint density at radius 1 is 1.26 bits per heavy atom. The van der Waals surface area contributed by atoms with E-state index < -0.39 is 48.0 Å². The van der Waals surface area contributed by atoms with Gasteiger partial charge in [-0.1, -0.05) is 13.8 Å². The summed E-state index contributed by atoms with van der Waals surface area (Å²) in [6.45, 7) is 4.23. The van der Waals surface area contributed by atoms with Crippen LogP contribution in [-0.2, 0) is 14.4 Å². The Kier molecular flexibility index (Phi) is 9.66. The summed E-state index contributed by atoms with van der Waals surface area (Å²) in [6, 6.07) is -2.11. The first kappa shape index (κ1) is 26.1. The summed E-state index contributed by atoms with van der Waals surface area (Å²) in [6.07, 6.45) is -0.00487. The van der Waals surface area contributed by atoms with Crippen LogP contribution in [0.15, 0.2) is 0 Å². The van der Waals surface area contributed by atoms with E-state index in [4.69, 9.17) is 16.2 Å². The van der Waals surface area contributed by atoms with Gasteiger partial charge in [-0.25, -0.2) is 9.18 Å². The number of nitrogens with two attached hydrogens (primary N) is 1. The number of hydrogen-bond acceptors (Lipinski definition) is 5. The molecule has 0 saturated carbocycles. The number of guanidine groups is 1. The van der Waals surface area contributed by atoms with Crippen molar-refractivity contribution in [3.05, 3.63) is 0 Å². The van der Waals surface area contributed by atoms with Crippen molar-refractivity contribution in [2.24, 2.45) is 11.7 Å². The van der Waals surface area contributed by atoms with E-state index in [0.717, 1.165) is 0 Å². The molecule has 2 unspecified atom stereocenters. The molecule has 1 fully saturated rings. The van der Waals surface area contributed by atoms with Crippen LogP contribution < -0.4 is 21.7 Å². The van der Waals surface area contributed by atoms with Crippen molar-refractivity contribution in [1.82, 2.24) is 20.9 Å². The summed E-state index contributed by atoms with van der Waals surface area (Å²) in [5.74, 6) is -2.48. The first-order valence-electron chi connectivity index (χ1n) is 10.2. The molecule has 0 radical (unpaired) electrons. The van der Waals surface area contributed by atoms with Crippen LogP contribution in [0.4, 0.5) is 9.18 Å². The van der Waals surface area contributed by atoms with E-state index in [-0.39, 0.29) is 31.4 Å². The maximum atomic E-state index is 13.1. The van der Waals surface area contributed by atoms with Gasteiger partial charge in [-0.05, 0) is 38.5 Å². The summed E-state index contributed by atoms with van der Waals surface area (Å²) in [4.78, 5) is 50.5. The third-order valence-corrected chi connectivity index (χ3v) is 5.42. The number of halogens is 1. The molecule has 0 bridgehead atoms. The molecule has 0 aromatic rings. The first-order chi connectivity index (χ1) is 14.4. The number of alkyl halides is 1. The Bertz CT molecular complexity index is 703. The predicted molar refractivity (Wildman–Crippen MR) is 111 cm³/mol. The highest BCUT2D eigenvalue weighted by atomic mass is 19.1. The number of nitrogens with one attached hydrogen (secondary N) is 4. The molecular formula is C19H33FN6O5. The summed E-state index contributed by atoms with van der Waals surface area (Å²) in [5.41, 5.74) is 3.90. The van der Waals surface area contributed by atoms with E-state index in [1.807, 2.05) is 0 Å². The molecule has 1 aliphatic heterocycles. The lowest BCUT2D eigenvalue weighted by Crippen LogP contribution is -2.62. The molecule has 12 heteroatoms. The Morgan fingerprint density at radius 2 is 1.90 bits per heavy atom. The second kappa shape index (κ2) is 11.5. The van der Waals surface area contributed by atoms with Gasteiger partial charge in [0.1, 0.15) is 18.3 Å². The SMILES string of the molecule is CC(C)C(NC(=O)O)C(=O)N1CCC[C@@]1(C)C(=O)NC(CCCNC(=N)N)C(=O)CF. The van der Waals surface area contributed by atoms with Crippen LogP contribution in [0, 0.1) is 11.3 Å². The molecule has 0 spiro atoms. The molecule has 1 saturated heterocycles. The van der Waals surface area contributed by atoms with Gasteiger partial charge in [0.2, 0.25) is 11.8 Å². The van der Waals surface area contributed by atoms with Crippen molar-refractivity contribution < 1.29 is 28.7 Å². The van der Waals surface area contributed by atoms with Crippen molar-refractivity contribution in [2.75, 3.05) is 19.8 Å². The maximum Gasteiger partial charge on any atom is 0.405 e. The molecule has 0 aromatic carbocycles. The van der Waals surface area contributed by atoms with Crippen molar-refractivity contribution >= 4 is 29.7 Å². The normalized spacial score (nSPS) is 20.1. The van der Waals surface area contributed by atoms with Crippen LogP contribution in [0.1, 0.15) is 46.5 Å². The van der Waals surface area contributed by atoms with Crippen molar-refractivity contribution in [3.63, 3.8) is 0 Å². The molecule has 1 heterocycles. The van der Waals surface area contributed by atoms with Gasteiger partial charge >= 0.3 is 6.09 Å². The average molecular weight is 445 g/mol. The lowest BCUT2D eigenvalue weighted by molar-refractivity contribution is -0.147. The van der Waals surface area contributed by atoms with E-state index in [0.29, 0.717) is 19.3 Å². The summed E-state index contributed by atoms with van der Waals surface area (Å²) >= 11 is 0. The minimum Gasteiger partial charge on any atom is -0.465 e. The Hall–Kier alpha value is -2.92. The number of carboxylic acid groups (broad SMARTS) is 1. The Morgan fingerprint density at radius 3 is 2.42 bits per heavy atom. The number of Topliss-reactive ketones (excluding diaryl/α,β-unsaturated/α-hetero) is 1. The van der Waals surface area contributed by atoms with Crippen LogP contribution in [0.25, 0.3) is 0 Å². The van der Waals surface area contributed by atoms with E-state index in [2.05, 4.69) is 16.0 Å². The van der Waals surface area contributed by atoms with Crippen LogP contribution in [0.5, 0.6) is 0 Å². The van der Waals surface area contributed by atoms with Crippen LogP contribution in [0.3, 0.4) is 0 Å². The Labute approximate surface area is 180 Å². The lowest BCUT2D eigenvalue weighted by atomic mass is 9.94. The number of amides is 3. The minimum absolute atomic E-state index is 0.133. The predicted octanol–water partition coefficient (Wildman–Crippen LogP) is -0.0536. The van der Waals surface area contributed by atoms with E-state index >= 15 is 0 Å². The standard InChI is InChI=1S/C19H33FN6O5/c1-11(2)14(25-18(30)31)15(28)26-9-5-7-19(26,3)16(29)24-12(13(27)10-20)6-4-8-23-17(21)22/h11-12,14,25H,4-10H2,1-3H3,(H,24,29)(H,30,31)(H4,21,22,23)/t12?,14?,19-/m0/s1. The number of rotatable bonds is 11. The van der Waals surface area contributed by atoms with Gasteiger partial charge in [-0.15, -0.1) is 0 Å². The van der Waals surface area contributed by atoms with Gasteiger partial charge in [0, 0.05) is 13.1 Å². The van der Waals surface area contributed by atoms with Crippen LogP contribution in [0.2, 0.25) is 0 Å². The Balaban J connectivity index is 2.95. The number of likely N-dealkylation sites (tertiary alicyclic amines) is 1. The molecule has 176 valence electrons. The molecule has 0 aromatic heterocycles. The zero-order valence-electron chi connectivity index (χ0n) is 18.2. The quantitative estimate of drug-likeness (QED) is 0.147. The van der Waals surface area contributed by atoms with Gasteiger partial charge in [0.15, 0.2) is 11.7 Å². The fraction of sp³-hybridized carbons (Fsp3) is 0.737. The second-order valence-electron chi connectivity index (χ2n) is 8.15. The fourth-order valence-corrected chi connectivity index (χ4v) is 3.62. The van der Waals surface area contributed by atoms with Gasteiger partial charge in [-0.3, -0.25) is 19.8 Å².